The third-order valence-electron chi connectivity index (χ3n) is 2.97. The van der Waals surface area contributed by atoms with Gasteiger partial charge in [0.05, 0.1) is 13.7 Å². The van der Waals surface area contributed by atoms with Crippen LogP contribution in [0.1, 0.15) is 11.1 Å². The van der Waals surface area contributed by atoms with E-state index in [0.29, 0.717) is 24.7 Å². The number of aliphatic hydroxyl groups excluding tert-OH is 1. The van der Waals surface area contributed by atoms with Crippen LogP contribution in [0.3, 0.4) is 0 Å². The van der Waals surface area contributed by atoms with Crippen molar-refractivity contribution in [2.45, 2.75) is 12.8 Å². The first-order chi connectivity index (χ1) is 9.83. The van der Waals surface area contributed by atoms with Crippen molar-refractivity contribution in [1.82, 2.24) is 4.98 Å². The number of hydrogen-bond donors (Lipinski definition) is 1. The molecule has 0 amide bonds. The van der Waals surface area contributed by atoms with Crippen LogP contribution in [0, 0.1) is 0 Å². The van der Waals surface area contributed by atoms with Crippen LogP contribution in [-0.4, -0.2) is 30.4 Å². The average molecular weight is 273 g/mol. The summed E-state index contributed by atoms with van der Waals surface area (Å²) in [5.41, 5.74) is 2.34. The summed E-state index contributed by atoms with van der Waals surface area (Å²) in [6.45, 7) is 0.734. The zero-order valence-electron chi connectivity index (χ0n) is 11.6. The van der Waals surface area contributed by atoms with Gasteiger partial charge in [-0.05, 0) is 29.7 Å². The Bertz CT molecular complexity index is 543. The van der Waals surface area contributed by atoms with Crippen LogP contribution in [-0.2, 0) is 12.8 Å². The predicted molar refractivity (Wildman–Crippen MR) is 77.2 cm³/mol. The predicted octanol–water partition coefficient (Wildman–Crippen LogP) is 2.25. The second-order valence-electron chi connectivity index (χ2n) is 4.40. The van der Waals surface area contributed by atoms with Crippen molar-refractivity contribution in [2.75, 3.05) is 20.3 Å². The van der Waals surface area contributed by atoms with E-state index in [9.17, 15) is 0 Å². The molecule has 0 unspecified atom stereocenters. The Labute approximate surface area is 119 Å². The summed E-state index contributed by atoms with van der Waals surface area (Å²) < 4.78 is 10.8. The zero-order valence-corrected chi connectivity index (χ0v) is 11.6. The lowest BCUT2D eigenvalue weighted by atomic mass is 10.1. The lowest BCUT2D eigenvalue weighted by Crippen LogP contribution is -2.04. The van der Waals surface area contributed by atoms with Gasteiger partial charge in [-0.3, -0.25) is 0 Å². The molecule has 2 aromatic rings. The van der Waals surface area contributed by atoms with Gasteiger partial charge in [-0.25, -0.2) is 4.98 Å². The van der Waals surface area contributed by atoms with Crippen LogP contribution in [0.5, 0.6) is 11.6 Å². The van der Waals surface area contributed by atoms with Gasteiger partial charge in [0, 0.05) is 19.2 Å². The molecule has 0 bridgehead atoms. The Morgan fingerprint density at radius 2 is 1.90 bits per heavy atom. The molecule has 1 heterocycles. The molecule has 0 atom stereocenters. The SMILES string of the molecule is COc1ncccc1OCCc1cccc(CCO)c1. The van der Waals surface area contributed by atoms with Crippen molar-refractivity contribution in [2.24, 2.45) is 0 Å². The first kappa shape index (κ1) is 14.3. The minimum absolute atomic E-state index is 0.173. The maximum atomic E-state index is 8.95. The van der Waals surface area contributed by atoms with Crippen molar-refractivity contribution in [3.05, 3.63) is 53.7 Å². The van der Waals surface area contributed by atoms with Crippen molar-refractivity contribution in [3.8, 4) is 11.6 Å². The Morgan fingerprint density at radius 3 is 2.65 bits per heavy atom. The number of ether oxygens (including phenoxy) is 2. The third-order valence-corrected chi connectivity index (χ3v) is 2.97. The van der Waals surface area contributed by atoms with Gasteiger partial charge in [-0.1, -0.05) is 24.3 Å². The number of rotatable bonds is 7. The fourth-order valence-corrected chi connectivity index (χ4v) is 1.99. The van der Waals surface area contributed by atoms with Gasteiger partial charge in [-0.2, -0.15) is 0 Å². The highest BCUT2D eigenvalue weighted by Crippen LogP contribution is 2.22. The quantitative estimate of drug-likeness (QED) is 0.840. The summed E-state index contributed by atoms with van der Waals surface area (Å²) >= 11 is 0. The molecular weight excluding hydrogens is 254 g/mol. The first-order valence-corrected chi connectivity index (χ1v) is 6.64. The number of methoxy groups -OCH3 is 1. The van der Waals surface area contributed by atoms with E-state index in [2.05, 4.69) is 17.1 Å². The van der Waals surface area contributed by atoms with Crippen molar-refractivity contribution in [1.29, 1.82) is 0 Å². The zero-order chi connectivity index (χ0) is 14.2. The number of pyridine rings is 1. The normalized spacial score (nSPS) is 10.3. The van der Waals surface area contributed by atoms with E-state index in [1.165, 1.54) is 5.56 Å². The minimum atomic E-state index is 0.173. The van der Waals surface area contributed by atoms with Crippen LogP contribution >= 0.6 is 0 Å². The van der Waals surface area contributed by atoms with Crippen molar-refractivity contribution in [3.63, 3.8) is 0 Å². The molecule has 4 nitrogen and oxygen atoms in total. The number of aromatic nitrogens is 1. The molecule has 1 aromatic carbocycles. The standard InChI is InChI=1S/C16H19NO3/c1-19-16-15(6-3-9-17-16)20-11-8-14-5-2-4-13(12-14)7-10-18/h2-6,9,12,18H,7-8,10-11H2,1H3. The Hall–Kier alpha value is -2.07. The van der Waals surface area contributed by atoms with Crippen molar-refractivity contribution < 1.29 is 14.6 Å². The van der Waals surface area contributed by atoms with E-state index in [-0.39, 0.29) is 6.61 Å². The second kappa shape index (κ2) is 7.50. The number of hydrogen-bond acceptors (Lipinski definition) is 4. The molecule has 0 saturated heterocycles. The number of benzene rings is 1. The monoisotopic (exact) mass is 273 g/mol. The molecule has 0 fully saturated rings. The summed E-state index contributed by atoms with van der Waals surface area (Å²) in [6, 6.07) is 11.8. The molecule has 0 aliphatic rings. The summed E-state index contributed by atoms with van der Waals surface area (Å²) in [4.78, 5) is 4.09. The van der Waals surface area contributed by atoms with Gasteiger partial charge in [0.2, 0.25) is 0 Å². The van der Waals surface area contributed by atoms with Crippen LogP contribution < -0.4 is 9.47 Å². The van der Waals surface area contributed by atoms with Gasteiger partial charge in [0.1, 0.15) is 0 Å². The third kappa shape index (κ3) is 3.96. The van der Waals surface area contributed by atoms with Gasteiger partial charge in [-0.15, -0.1) is 0 Å². The molecule has 106 valence electrons. The first-order valence-electron chi connectivity index (χ1n) is 6.64. The van der Waals surface area contributed by atoms with Gasteiger partial charge >= 0.3 is 0 Å². The van der Waals surface area contributed by atoms with E-state index >= 15 is 0 Å². The Kier molecular flexibility index (Phi) is 5.38. The van der Waals surface area contributed by atoms with Crippen LogP contribution in [0.4, 0.5) is 0 Å². The second-order valence-corrected chi connectivity index (χ2v) is 4.40. The van der Waals surface area contributed by atoms with Crippen LogP contribution in [0.25, 0.3) is 0 Å². The minimum Gasteiger partial charge on any atom is -0.488 e. The highest BCUT2D eigenvalue weighted by atomic mass is 16.5. The summed E-state index contributed by atoms with van der Waals surface area (Å²) in [5, 5.41) is 8.95. The highest BCUT2D eigenvalue weighted by molar-refractivity contribution is 5.32. The van der Waals surface area contributed by atoms with Crippen LogP contribution in [0.15, 0.2) is 42.6 Å². The lowest BCUT2D eigenvalue weighted by molar-refractivity contribution is 0.291. The van der Waals surface area contributed by atoms with E-state index in [0.717, 1.165) is 12.0 Å². The lowest BCUT2D eigenvalue weighted by Gasteiger charge is -2.09. The smallest absolute Gasteiger partial charge is 0.256 e. The molecule has 0 spiro atoms. The molecule has 4 heteroatoms. The Morgan fingerprint density at radius 1 is 1.10 bits per heavy atom. The average Bonchev–Trinajstić information content (AvgIpc) is 2.48. The molecule has 0 saturated carbocycles. The molecule has 0 radical (unpaired) electrons. The van der Waals surface area contributed by atoms with E-state index in [1.54, 1.807) is 13.3 Å². The Balaban J connectivity index is 1.91. The molecule has 1 aromatic heterocycles. The van der Waals surface area contributed by atoms with E-state index < -0.39 is 0 Å². The maximum Gasteiger partial charge on any atom is 0.256 e. The molecule has 20 heavy (non-hydrogen) atoms. The summed E-state index contributed by atoms with van der Waals surface area (Å²) in [6.07, 6.45) is 3.16. The van der Waals surface area contributed by atoms with Crippen LogP contribution in [0.2, 0.25) is 0 Å². The fraction of sp³-hybridized carbons (Fsp3) is 0.312. The highest BCUT2D eigenvalue weighted by Gasteiger charge is 2.04. The fourth-order valence-electron chi connectivity index (χ4n) is 1.99. The van der Waals surface area contributed by atoms with E-state index in [4.69, 9.17) is 14.6 Å². The van der Waals surface area contributed by atoms with Crippen molar-refractivity contribution >= 4 is 0 Å². The van der Waals surface area contributed by atoms with Gasteiger partial charge < -0.3 is 14.6 Å². The maximum absolute atomic E-state index is 8.95. The molecule has 2 rings (SSSR count). The largest absolute Gasteiger partial charge is 0.488 e. The summed E-state index contributed by atoms with van der Waals surface area (Å²) in [5.74, 6) is 1.16. The molecule has 1 N–H and O–H groups in total. The van der Waals surface area contributed by atoms with E-state index in [1.807, 2.05) is 24.3 Å². The molecule has 0 aliphatic carbocycles. The van der Waals surface area contributed by atoms with Gasteiger partial charge in [0.25, 0.3) is 5.88 Å². The number of aliphatic hydroxyl groups is 1. The molecular formula is C16H19NO3. The summed E-state index contributed by atoms with van der Waals surface area (Å²) in [7, 11) is 1.58. The number of nitrogens with zero attached hydrogens (tertiary/aromatic N) is 1. The van der Waals surface area contributed by atoms with Gasteiger partial charge in [0.15, 0.2) is 5.75 Å². The topological polar surface area (TPSA) is 51.6 Å². The molecule has 0 aliphatic heterocycles.